The number of Topliss-reactive ketones (excluding diaryl/α,β-unsaturated/α-hetero) is 1. The third-order valence-corrected chi connectivity index (χ3v) is 4.49. The van der Waals surface area contributed by atoms with Gasteiger partial charge >= 0.3 is 6.18 Å². The summed E-state index contributed by atoms with van der Waals surface area (Å²) in [4.78, 5) is 32.4. The molecule has 0 radical (unpaired) electrons. The molecule has 1 atom stereocenters. The summed E-state index contributed by atoms with van der Waals surface area (Å²) < 4.78 is 43.4. The van der Waals surface area contributed by atoms with Gasteiger partial charge in [-0.2, -0.15) is 13.2 Å². The summed E-state index contributed by atoms with van der Waals surface area (Å²) in [5.74, 6) is -0.731. The van der Waals surface area contributed by atoms with Crippen molar-refractivity contribution in [3.05, 3.63) is 46.2 Å². The molecule has 0 aliphatic rings. The number of ether oxygens (including phenoxy) is 1. The van der Waals surface area contributed by atoms with Crippen molar-refractivity contribution in [3.8, 4) is 5.88 Å². The van der Waals surface area contributed by atoms with Gasteiger partial charge < -0.3 is 10.1 Å². The number of amides is 1. The Morgan fingerprint density at radius 1 is 1.19 bits per heavy atom. The average molecular weight is 458 g/mol. The normalized spacial score (nSPS) is 12.5. The second kappa shape index (κ2) is 10.1. The Balaban J connectivity index is 2.00. The lowest BCUT2D eigenvalue weighted by Gasteiger charge is -2.14. The second-order valence-electron chi connectivity index (χ2n) is 7.58. The summed E-state index contributed by atoms with van der Waals surface area (Å²) in [6.45, 7) is 7.00. The van der Waals surface area contributed by atoms with Crippen LogP contribution in [0.2, 0.25) is 5.02 Å². The first kappa shape index (κ1) is 24.6. The topological polar surface area (TPSA) is 81.2 Å². The standard InChI is InChI=1S/C21H23ClF3N3O3/c1-11(2)19(30)28-18-7-14(6-13(4)27-18)17(29)5-12(3)10-31-20-16(22)8-15(9-26-20)21(23,24)25/h6-9,11-12H,5,10H2,1-4H3,(H,27,28,30)/t12-/m0/s1. The first-order valence-electron chi connectivity index (χ1n) is 9.55. The van der Waals surface area contributed by atoms with Gasteiger partial charge in [0.25, 0.3) is 0 Å². The van der Waals surface area contributed by atoms with Crippen molar-refractivity contribution in [2.75, 3.05) is 11.9 Å². The van der Waals surface area contributed by atoms with E-state index in [-0.39, 0.29) is 47.5 Å². The van der Waals surface area contributed by atoms with E-state index in [1.54, 1.807) is 33.8 Å². The number of hydrogen-bond acceptors (Lipinski definition) is 5. The van der Waals surface area contributed by atoms with E-state index in [9.17, 15) is 22.8 Å². The zero-order valence-electron chi connectivity index (χ0n) is 17.5. The van der Waals surface area contributed by atoms with E-state index in [1.165, 1.54) is 6.07 Å². The third kappa shape index (κ3) is 7.20. The molecule has 2 rings (SSSR count). The van der Waals surface area contributed by atoms with Crippen LogP contribution in [0.5, 0.6) is 5.88 Å². The highest BCUT2D eigenvalue weighted by atomic mass is 35.5. The molecule has 0 aliphatic heterocycles. The molecular formula is C21H23ClF3N3O3. The van der Waals surface area contributed by atoms with Gasteiger partial charge in [0, 0.05) is 29.8 Å². The Morgan fingerprint density at radius 2 is 1.87 bits per heavy atom. The van der Waals surface area contributed by atoms with E-state index in [0.717, 1.165) is 6.07 Å². The van der Waals surface area contributed by atoms with Crippen LogP contribution in [-0.2, 0) is 11.0 Å². The van der Waals surface area contributed by atoms with E-state index >= 15 is 0 Å². The number of hydrogen-bond donors (Lipinski definition) is 1. The molecule has 0 spiro atoms. The lowest BCUT2D eigenvalue weighted by molar-refractivity contribution is -0.137. The number of rotatable bonds is 8. The van der Waals surface area contributed by atoms with Crippen molar-refractivity contribution < 1.29 is 27.5 Å². The van der Waals surface area contributed by atoms with Gasteiger partial charge in [-0.05, 0) is 31.0 Å². The predicted molar refractivity (Wildman–Crippen MR) is 110 cm³/mol. The van der Waals surface area contributed by atoms with E-state index in [1.807, 2.05) is 0 Å². The summed E-state index contributed by atoms with van der Waals surface area (Å²) in [6, 6.07) is 3.87. The van der Waals surface area contributed by atoms with Crippen LogP contribution in [0.25, 0.3) is 0 Å². The predicted octanol–water partition coefficient (Wildman–Crippen LogP) is 5.34. The number of aromatic nitrogens is 2. The minimum Gasteiger partial charge on any atom is -0.476 e. The van der Waals surface area contributed by atoms with Gasteiger partial charge in [0.1, 0.15) is 10.8 Å². The minimum absolute atomic E-state index is 0.0326. The summed E-state index contributed by atoms with van der Waals surface area (Å²) in [7, 11) is 0. The Bertz CT molecular complexity index is 965. The fourth-order valence-corrected chi connectivity index (χ4v) is 2.79. The van der Waals surface area contributed by atoms with Crippen LogP contribution in [0.3, 0.4) is 0 Å². The first-order valence-corrected chi connectivity index (χ1v) is 9.93. The number of aryl methyl sites for hydroxylation is 1. The van der Waals surface area contributed by atoms with Crippen molar-refractivity contribution in [1.29, 1.82) is 0 Å². The number of anilines is 1. The maximum Gasteiger partial charge on any atom is 0.417 e. The van der Waals surface area contributed by atoms with Crippen molar-refractivity contribution in [1.82, 2.24) is 9.97 Å². The van der Waals surface area contributed by atoms with Gasteiger partial charge in [-0.15, -0.1) is 0 Å². The molecule has 1 N–H and O–H groups in total. The van der Waals surface area contributed by atoms with E-state index in [0.29, 0.717) is 23.3 Å². The molecule has 0 saturated heterocycles. The molecule has 10 heteroatoms. The third-order valence-electron chi connectivity index (χ3n) is 4.22. The smallest absolute Gasteiger partial charge is 0.417 e. The highest BCUT2D eigenvalue weighted by Gasteiger charge is 2.31. The molecule has 0 fully saturated rings. The number of ketones is 1. The van der Waals surface area contributed by atoms with Gasteiger partial charge in [0.2, 0.25) is 11.8 Å². The van der Waals surface area contributed by atoms with E-state index < -0.39 is 11.7 Å². The number of carbonyl (C=O) groups excluding carboxylic acids is 2. The van der Waals surface area contributed by atoms with Gasteiger partial charge in [0.15, 0.2) is 5.78 Å². The highest BCUT2D eigenvalue weighted by Crippen LogP contribution is 2.33. The van der Waals surface area contributed by atoms with Crippen LogP contribution in [0.1, 0.15) is 48.8 Å². The Hall–Kier alpha value is -2.68. The van der Waals surface area contributed by atoms with Gasteiger partial charge in [-0.1, -0.05) is 32.4 Å². The summed E-state index contributed by atoms with van der Waals surface area (Å²) >= 11 is 5.82. The highest BCUT2D eigenvalue weighted by molar-refractivity contribution is 6.31. The molecule has 168 valence electrons. The molecule has 2 aromatic heterocycles. The lowest BCUT2D eigenvalue weighted by atomic mass is 10.0. The lowest BCUT2D eigenvalue weighted by Crippen LogP contribution is -2.19. The maximum atomic E-state index is 12.7. The summed E-state index contributed by atoms with van der Waals surface area (Å²) in [5, 5.41) is 2.41. The van der Waals surface area contributed by atoms with Crippen molar-refractivity contribution in [3.63, 3.8) is 0 Å². The van der Waals surface area contributed by atoms with Crippen LogP contribution in [0.4, 0.5) is 19.0 Å². The molecule has 6 nitrogen and oxygen atoms in total. The molecule has 0 aliphatic carbocycles. The van der Waals surface area contributed by atoms with Gasteiger partial charge in [-0.3, -0.25) is 9.59 Å². The number of carbonyl (C=O) groups is 2. The molecule has 2 aromatic rings. The van der Waals surface area contributed by atoms with Crippen molar-refractivity contribution >= 4 is 29.1 Å². The minimum atomic E-state index is -4.55. The SMILES string of the molecule is Cc1cc(C(=O)C[C@H](C)COc2ncc(C(F)(F)F)cc2Cl)cc(NC(=O)C(C)C)n1. The molecule has 0 bridgehead atoms. The van der Waals surface area contributed by atoms with E-state index in [2.05, 4.69) is 15.3 Å². The molecule has 0 saturated carbocycles. The average Bonchev–Trinajstić information content (AvgIpc) is 2.65. The largest absolute Gasteiger partial charge is 0.476 e. The van der Waals surface area contributed by atoms with Crippen LogP contribution >= 0.6 is 11.6 Å². The number of halogens is 4. The maximum absolute atomic E-state index is 12.7. The van der Waals surface area contributed by atoms with E-state index in [4.69, 9.17) is 16.3 Å². The summed E-state index contributed by atoms with van der Waals surface area (Å²) in [6.07, 6.45) is -3.80. The Labute approximate surface area is 183 Å². The zero-order chi connectivity index (χ0) is 23.3. The molecule has 31 heavy (non-hydrogen) atoms. The first-order chi connectivity index (χ1) is 14.4. The van der Waals surface area contributed by atoms with Gasteiger partial charge in [0.05, 0.1) is 12.2 Å². The van der Waals surface area contributed by atoms with Crippen LogP contribution in [0.15, 0.2) is 24.4 Å². The number of nitrogens with one attached hydrogen (secondary N) is 1. The van der Waals surface area contributed by atoms with Crippen molar-refractivity contribution in [2.45, 2.75) is 40.3 Å². The molecule has 0 aromatic carbocycles. The van der Waals surface area contributed by atoms with Crippen LogP contribution in [0, 0.1) is 18.8 Å². The molecular weight excluding hydrogens is 435 g/mol. The molecule has 2 heterocycles. The number of alkyl halides is 3. The van der Waals surface area contributed by atoms with Crippen molar-refractivity contribution in [2.24, 2.45) is 11.8 Å². The van der Waals surface area contributed by atoms with Gasteiger partial charge in [-0.25, -0.2) is 9.97 Å². The Kier molecular flexibility index (Phi) is 8.00. The monoisotopic (exact) mass is 457 g/mol. The van der Waals surface area contributed by atoms with Crippen LogP contribution in [-0.4, -0.2) is 28.3 Å². The number of pyridine rings is 2. The fourth-order valence-electron chi connectivity index (χ4n) is 2.57. The quantitative estimate of drug-likeness (QED) is 0.541. The molecule has 0 unspecified atom stereocenters. The molecule has 1 amide bonds. The second-order valence-corrected chi connectivity index (χ2v) is 7.99. The summed E-state index contributed by atoms with van der Waals surface area (Å²) in [5.41, 5.74) is 0.000124. The fraction of sp³-hybridized carbons (Fsp3) is 0.429. The Morgan fingerprint density at radius 3 is 2.45 bits per heavy atom. The number of nitrogens with zero attached hydrogens (tertiary/aromatic N) is 2. The zero-order valence-corrected chi connectivity index (χ0v) is 18.3. The van der Waals surface area contributed by atoms with Crippen LogP contribution < -0.4 is 10.1 Å².